The van der Waals surface area contributed by atoms with Crippen LogP contribution in [-0.2, 0) is 6.18 Å². The molecule has 0 saturated carbocycles. The van der Waals surface area contributed by atoms with E-state index in [0.717, 1.165) is 31.5 Å². The van der Waals surface area contributed by atoms with Gasteiger partial charge in [0.2, 0.25) is 0 Å². The van der Waals surface area contributed by atoms with E-state index in [4.69, 9.17) is 0 Å². The molecule has 1 atom stereocenters. The number of benzene rings is 1. The topological polar surface area (TPSA) is 32.3 Å². The Morgan fingerprint density at radius 2 is 2.06 bits per heavy atom. The van der Waals surface area contributed by atoms with Crippen LogP contribution in [0.4, 0.5) is 13.2 Å². The highest BCUT2D eigenvalue weighted by atomic mass is 19.4. The molecule has 5 heteroatoms. The molecule has 1 heterocycles. The van der Waals surface area contributed by atoms with Crippen LogP contribution in [0.5, 0.6) is 5.75 Å². The van der Waals surface area contributed by atoms with Gasteiger partial charge in [-0.3, -0.25) is 0 Å². The van der Waals surface area contributed by atoms with E-state index in [1.165, 1.54) is 0 Å². The van der Waals surface area contributed by atoms with Crippen molar-refractivity contribution >= 4 is 0 Å². The first-order chi connectivity index (χ1) is 7.98. The van der Waals surface area contributed by atoms with E-state index in [2.05, 4.69) is 5.32 Å². The molecule has 2 rings (SSSR count). The molecule has 1 aliphatic heterocycles. The quantitative estimate of drug-likeness (QED) is 0.797. The molecule has 0 aliphatic carbocycles. The Bertz CT molecular complexity index is 397. The maximum Gasteiger partial charge on any atom is 0.419 e. The van der Waals surface area contributed by atoms with E-state index in [-0.39, 0.29) is 5.92 Å². The summed E-state index contributed by atoms with van der Waals surface area (Å²) in [6.07, 6.45) is -2.65. The number of nitrogens with one attached hydrogen (secondary N) is 1. The predicted octanol–water partition coefficient (Wildman–Crippen LogP) is 2.88. The number of halogens is 3. The lowest BCUT2D eigenvalue weighted by molar-refractivity contribution is -0.138. The molecule has 1 fully saturated rings. The highest BCUT2D eigenvalue weighted by molar-refractivity contribution is 5.39. The van der Waals surface area contributed by atoms with Crippen molar-refractivity contribution in [1.29, 1.82) is 0 Å². The van der Waals surface area contributed by atoms with E-state index < -0.39 is 17.5 Å². The lowest BCUT2D eigenvalue weighted by atomic mass is 9.90. The number of rotatable bonds is 1. The highest BCUT2D eigenvalue weighted by Gasteiger charge is 2.34. The summed E-state index contributed by atoms with van der Waals surface area (Å²) in [5, 5.41) is 12.4. The third-order valence-electron chi connectivity index (χ3n) is 3.09. The Labute approximate surface area is 97.5 Å². The van der Waals surface area contributed by atoms with E-state index in [9.17, 15) is 18.3 Å². The zero-order chi connectivity index (χ0) is 12.5. The van der Waals surface area contributed by atoms with E-state index in [1.807, 2.05) is 0 Å². The van der Waals surface area contributed by atoms with Gasteiger partial charge < -0.3 is 10.4 Å². The fourth-order valence-corrected chi connectivity index (χ4v) is 2.17. The van der Waals surface area contributed by atoms with Gasteiger partial charge in [-0.05, 0) is 43.0 Å². The highest BCUT2D eigenvalue weighted by Crippen LogP contribution is 2.38. The molecular weight excluding hydrogens is 231 g/mol. The summed E-state index contributed by atoms with van der Waals surface area (Å²) in [5.74, 6) is -0.601. The van der Waals surface area contributed by atoms with E-state index in [1.54, 1.807) is 6.07 Å². The number of alkyl halides is 3. The van der Waals surface area contributed by atoms with Crippen molar-refractivity contribution in [3.05, 3.63) is 29.3 Å². The molecule has 1 aromatic carbocycles. The van der Waals surface area contributed by atoms with Gasteiger partial charge >= 0.3 is 6.18 Å². The molecule has 0 radical (unpaired) electrons. The van der Waals surface area contributed by atoms with E-state index >= 15 is 0 Å². The number of aromatic hydroxyl groups is 1. The molecule has 2 nitrogen and oxygen atoms in total. The van der Waals surface area contributed by atoms with Gasteiger partial charge in [0.25, 0.3) is 0 Å². The Balaban J connectivity index is 2.30. The summed E-state index contributed by atoms with van der Waals surface area (Å²) in [6.45, 7) is 1.61. The number of piperidine rings is 1. The Hall–Kier alpha value is -1.23. The summed E-state index contributed by atoms with van der Waals surface area (Å²) in [5.41, 5.74) is -0.303. The Morgan fingerprint density at radius 3 is 2.65 bits per heavy atom. The van der Waals surface area contributed by atoms with Gasteiger partial charge in [0.05, 0.1) is 5.56 Å². The van der Waals surface area contributed by atoms with Crippen LogP contribution < -0.4 is 5.32 Å². The summed E-state index contributed by atoms with van der Waals surface area (Å²) in [6, 6.07) is 3.77. The van der Waals surface area contributed by atoms with Crippen molar-refractivity contribution in [3.8, 4) is 5.75 Å². The van der Waals surface area contributed by atoms with Crippen LogP contribution in [0.2, 0.25) is 0 Å². The molecule has 0 bridgehead atoms. The Kier molecular flexibility index (Phi) is 3.28. The van der Waals surface area contributed by atoms with Gasteiger partial charge in [0, 0.05) is 6.54 Å². The first-order valence-electron chi connectivity index (χ1n) is 5.59. The molecule has 2 N–H and O–H groups in total. The molecule has 17 heavy (non-hydrogen) atoms. The van der Waals surface area contributed by atoms with Crippen molar-refractivity contribution in [2.75, 3.05) is 13.1 Å². The number of hydrogen-bond donors (Lipinski definition) is 2. The SMILES string of the molecule is Oc1ccc(C2CCCNC2)cc1C(F)(F)F. The minimum atomic E-state index is -4.50. The third-order valence-corrected chi connectivity index (χ3v) is 3.09. The maximum atomic E-state index is 12.6. The fraction of sp³-hybridized carbons (Fsp3) is 0.500. The molecule has 0 spiro atoms. The maximum absolute atomic E-state index is 12.6. The molecule has 0 aromatic heterocycles. The van der Waals surface area contributed by atoms with Gasteiger partial charge in [-0.25, -0.2) is 0 Å². The van der Waals surface area contributed by atoms with Crippen molar-refractivity contribution in [2.24, 2.45) is 0 Å². The average molecular weight is 245 g/mol. The minimum Gasteiger partial charge on any atom is -0.507 e. The van der Waals surface area contributed by atoms with Gasteiger partial charge in [-0.2, -0.15) is 13.2 Å². The molecule has 0 amide bonds. The number of hydrogen-bond acceptors (Lipinski definition) is 2. The summed E-state index contributed by atoms with van der Waals surface area (Å²) < 4.78 is 37.9. The normalized spacial score (nSPS) is 21.5. The van der Waals surface area contributed by atoms with Crippen LogP contribution in [0.25, 0.3) is 0 Å². The van der Waals surface area contributed by atoms with Crippen molar-refractivity contribution in [1.82, 2.24) is 5.32 Å². The van der Waals surface area contributed by atoms with Crippen LogP contribution in [0.15, 0.2) is 18.2 Å². The first kappa shape index (κ1) is 12.2. The van der Waals surface area contributed by atoms with Gasteiger partial charge in [0.1, 0.15) is 5.75 Å². The Morgan fingerprint density at radius 1 is 1.29 bits per heavy atom. The smallest absolute Gasteiger partial charge is 0.419 e. The monoisotopic (exact) mass is 245 g/mol. The molecule has 1 unspecified atom stereocenters. The second kappa shape index (κ2) is 4.56. The third kappa shape index (κ3) is 2.72. The minimum absolute atomic E-state index is 0.102. The zero-order valence-corrected chi connectivity index (χ0v) is 9.22. The van der Waals surface area contributed by atoms with Crippen LogP contribution in [0.3, 0.4) is 0 Å². The lowest BCUT2D eigenvalue weighted by Gasteiger charge is -2.24. The van der Waals surface area contributed by atoms with Crippen molar-refractivity contribution in [3.63, 3.8) is 0 Å². The molecule has 1 saturated heterocycles. The van der Waals surface area contributed by atoms with Gasteiger partial charge in [-0.15, -0.1) is 0 Å². The molecule has 1 aromatic rings. The molecular formula is C12H14F3NO. The molecule has 94 valence electrons. The fourth-order valence-electron chi connectivity index (χ4n) is 2.17. The van der Waals surface area contributed by atoms with Crippen LogP contribution in [-0.4, -0.2) is 18.2 Å². The van der Waals surface area contributed by atoms with Crippen molar-refractivity contribution in [2.45, 2.75) is 24.9 Å². The largest absolute Gasteiger partial charge is 0.507 e. The predicted molar refractivity (Wildman–Crippen MR) is 58.0 cm³/mol. The first-order valence-corrected chi connectivity index (χ1v) is 5.59. The average Bonchev–Trinajstić information content (AvgIpc) is 2.29. The van der Waals surface area contributed by atoms with Gasteiger partial charge in [0.15, 0.2) is 0 Å². The lowest BCUT2D eigenvalue weighted by Crippen LogP contribution is -2.28. The van der Waals surface area contributed by atoms with Crippen LogP contribution in [0, 0.1) is 0 Å². The standard InChI is InChI=1S/C12H14F3NO/c13-12(14,15)10-6-8(3-4-11(10)17)9-2-1-5-16-7-9/h3-4,6,9,16-17H,1-2,5,7H2. The molecule has 1 aliphatic rings. The van der Waals surface area contributed by atoms with Crippen LogP contribution >= 0.6 is 0 Å². The zero-order valence-electron chi connectivity index (χ0n) is 9.22. The van der Waals surface area contributed by atoms with Gasteiger partial charge in [-0.1, -0.05) is 6.07 Å². The van der Waals surface area contributed by atoms with E-state index in [0.29, 0.717) is 12.1 Å². The summed E-state index contributed by atoms with van der Waals surface area (Å²) >= 11 is 0. The summed E-state index contributed by atoms with van der Waals surface area (Å²) in [4.78, 5) is 0. The van der Waals surface area contributed by atoms with Crippen LogP contribution in [0.1, 0.15) is 29.9 Å². The van der Waals surface area contributed by atoms with Crippen molar-refractivity contribution < 1.29 is 18.3 Å². The number of phenolic OH excluding ortho intramolecular Hbond substituents is 1. The summed E-state index contributed by atoms with van der Waals surface area (Å²) in [7, 11) is 0. The second-order valence-corrected chi connectivity index (χ2v) is 4.32. The number of phenols is 1. The second-order valence-electron chi connectivity index (χ2n) is 4.32.